The Morgan fingerprint density at radius 1 is 0.935 bits per heavy atom. The first-order chi connectivity index (χ1) is 15.0. The fraction of sp³-hybridized carbons (Fsp3) is 0.304. The Hall–Kier alpha value is -3.13. The predicted molar refractivity (Wildman–Crippen MR) is 122 cm³/mol. The van der Waals surface area contributed by atoms with Crippen LogP contribution in [0.15, 0.2) is 65.8 Å². The van der Waals surface area contributed by atoms with E-state index in [0.29, 0.717) is 23.1 Å². The molecule has 0 fully saturated rings. The lowest BCUT2D eigenvalue weighted by Gasteiger charge is -2.16. The van der Waals surface area contributed by atoms with Gasteiger partial charge in [-0.1, -0.05) is 60.3 Å². The third-order valence-corrected chi connectivity index (χ3v) is 5.81. The van der Waals surface area contributed by atoms with Gasteiger partial charge in [0.05, 0.1) is 17.8 Å². The van der Waals surface area contributed by atoms with Gasteiger partial charge in [0.15, 0.2) is 11.0 Å². The van der Waals surface area contributed by atoms with Crippen LogP contribution in [0.4, 0.5) is 0 Å². The Morgan fingerprint density at radius 3 is 2.23 bits per heavy atom. The number of thioether (sulfide) groups is 1. The molecule has 2 N–H and O–H groups in total. The summed E-state index contributed by atoms with van der Waals surface area (Å²) in [5.41, 5.74) is 1.65. The third-order valence-electron chi connectivity index (χ3n) is 4.84. The largest absolute Gasteiger partial charge is 0.349 e. The van der Waals surface area contributed by atoms with Crippen LogP contribution in [0.1, 0.15) is 54.6 Å². The van der Waals surface area contributed by atoms with Gasteiger partial charge in [-0.2, -0.15) is 0 Å². The monoisotopic (exact) mass is 437 g/mol. The summed E-state index contributed by atoms with van der Waals surface area (Å²) in [6.07, 6.45) is 0. The van der Waals surface area contributed by atoms with E-state index in [9.17, 15) is 9.59 Å². The van der Waals surface area contributed by atoms with Crippen LogP contribution in [0.5, 0.6) is 0 Å². The number of nitrogens with one attached hydrogen (secondary N) is 2. The molecule has 2 amide bonds. The van der Waals surface area contributed by atoms with E-state index in [2.05, 4.69) is 20.8 Å². The van der Waals surface area contributed by atoms with Gasteiger partial charge in [0.2, 0.25) is 5.91 Å². The van der Waals surface area contributed by atoms with Gasteiger partial charge in [-0.05, 0) is 38.5 Å². The summed E-state index contributed by atoms with van der Waals surface area (Å²) >= 11 is 1.34. The van der Waals surface area contributed by atoms with Gasteiger partial charge in [0.1, 0.15) is 0 Å². The van der Waals surface area contributed by atoms with Crippen molar-refractivity contribution >= 4 is 23.6 Å². The zero-order chi connectivity index (χ0) is 22.2. The molecular weight excluding hydrogens is 410 g/mol. The molecule has 8 heteroatoms. The number of hydrogen-bond acceptors (Lipinski definition) is 5. The number of aromatic nitrogens is 3. The second-order valence-corrected chi connectivity index (χ2v) is 8.08. The smallest absolute Gasteiger partial charge is 0.251 e. The molecule has 0 saturated heterocycles. The number of hydrogen-bond donors (Lipinski definition) is 2. The quantitative estimate of drug-likeness (QED) is 0.498. The molecule has 0 radical (unpaired) electrons. The zero-order valence-corrected chi connectivity index (χ0v) is 18.7. The van der Waals surface area contributed by atoms with E-state index in [4.69, 9.17) is 0 Å². The van der Waals surface area contributed by atoms with E-state index in [1.807, 2.05) is 73.9 Å². The van der Waals surface area contributed by atoms with E-state index in [1.54, 1.807) is 12.1 Å². The van der Waals surface area contributed by atoms with E-state index in [0.717, 1.165) is 5.56 Å². The first-order valence-electron chi connectivity index (χ1n) is 10.3. The van der Waals surface area contributed by atoms with Crippen LogP contribution in [0.3, 0.4) is 0 Å². The van der Waals surface area contributed by atoms with Gasteiger partial charge in [0.25, 0.3) is 5.91 Å². The fourth-order valence-electron chi connectivity index (χ4n) is 3.20. The number of carbonyl (C=O) groups excluding carboxylic acids is 2. The van der Waals surface area contributed by atoms with Gasteiger partial charge in [-0.15, -0.1) is 10.2 Å². The van der Waals surface area contributed by atoms with E-state index in [-0.39, 0.29) is 29.7 Å². The van der Waals surface area contributed by atoms with Crippen LogP contribution in [0.25, 0.3) is 0 Å². The molecule has 1 heterocycles. The lowest BCUT2D eigenvalue weighted by molar-refractivity contribution is -0.119. The highest BCUT2D eigenvalue weighted by atomic mass is 32.2. The lowest BCUT2D eigenvalue weighted by Crippen LogP contribution is -2.29. The van der Waals surface area contributed by atoms with Gasteiger partial charge in [-0.25, -0.2) is 0 Å². The van der Waals surface area contributed by atoms with Crippen molar-refractivity contribution in [3.05, 3.63) is 77.6 Å². The maximum absolute atomic E-state index is 12.4. The molecule has 31 heavy (non-hydrogen) atoms. The highest BCUT2D eigenvalue weighted by molar-refractivity contribution is 7.99. The lowest BCUT2D eigenvalue weighted by atomic mass is 10.1. The van der Waals surface area contributed by atoms with Crippen molar-refractivity contribution in [2.45, 2.75) is 44.6 Å². The average Bonchev–Trinajstić information content (AvgIpc) is 3.22. The summed E-state index contributed by atoms with van der Waals surface area (Å²) in [6.45, 7) is 6.46. The van der Waals surface area contributed by atoms with Crippen LogP contribution >= 0.6 is 11.8 Å². The first kappa shape index (κ1) is 22.6. The number of rotatable bonds is 9. The normalized spacial score (nSPS) is 12.7. The van der Waals surface area contributed by atoms with Crippen LogP contribution in [0.2, 0.25) is 0 Å². The molecule has 0 bridgehead atoms. The van der Waals surface area contributed by atoms with Crippen molar-refractivity contribution in [1.29, 1.82) is 0 Å². The standard InChI is InChI=1S/C23H27N5O2S/c1-4-28-21(17(3)25-22(30)19-13-9-6-10-14-19)26-27-23(28)31-15-20(29)24-16(2)18-11-7-5-8-12-18/h5-14,16-17H,4,15H2,1-3H3,(H,24,29)(H,25,30). The Bertz CT molecular complexity index is 1010. The molecule has 2 unspecified atom stereocenters. The van der Waals surface area contributed by atoms with Crippen LogP contribution in [0, 0.1) is 0 Å². The van der Waals surface area contributed by atoms with Crippen molar-refractivity contribution in [1.82, 2.24) is 25.4 Å². The van der Waals surface area contributed by atoms with Crippen LogP contribution < -0.4 is 10.6 Å². The first-order valence-corrected chi connectivity index (χ1v) is 11.2. The molecule has 3 aromatic rings. The summed E-state index contributed by atoms with van der Waals surface area (Å²) in [6, 6.07) is 18.5. The Balaban J connectivity index is 1.59. The highest BCUT2D eigenvalue weighted by Crippen LogP contribution is 2.21. The van der Waals surface area contributed by atoms with Crippen molar-refractivity contribution < 1.29 is 9.59 Å². The minimum absolute atomic E-state index is 0.0675. The van der Waals surface area contributed by atoms with E-state index < -0.39 is 0 Å². The minimum atomic E-state index is -0.318. The maximum atomic E-state index is 12.4. The molecule has 7 nitrogen and oxygen atoms in total. The van der Waals surface area contributed by atoms with Crippen molar-refractivity contribution in [2.24, 2.45) is 0 Å². The molecule has 0 aliphatic carbocycles. The molecule has 0 spiro atoms. The number of nitrogens with zero attached hydrogens (tertiary/aromatic N) is 3. The Labute approximate surface area is 186 Å². The molecule has 1 aromatic heterocycles. The van der Waals surface area contributed by atoms with E-state index in [1.165, 1.54) is 11.8 Å². The number of carbonyl (C=O) groups is 2. The topological polar surface area (TPSA) is 88.9 Å². The molecular formula is C23H27N5O2S. The number of amides is 2. The van der Waals surface area contributed by atoms with Crippen molar-refractivity contribution in [3.8, 4) is 0 Å². The van der Waals surface area contributed by atoms with Crippen LogP contribution in [-0.4, -0.2) is 32.3 Å². The third kappa shape index (κ3) is 5.95. The van der Waals surface area contributed by atoms with E-state index >= 15 is 0 Å². The van der Waals surface area contributed by atoms with Crippen LogP contribution in [-0.2, 0) is 11.3 Å². The SMILES string of the molecule is CCn1c(SCC(=O)NC(C)c2ccccc2)nnc1C(C)NC(=O)c1ccccc1. The fourth-order valence-corrected chi connectivity index (χ4v) is 4.02. The second kappa shape index (κ2) is 10.8. The molecule has 162 valence electrons. The molecule has 0 aliphatic heterocycles. The summed E-state index contributed by atoms with van der Waals surface area (Å²) in [5, 5.41) is 15.1. The summed E-state index contributed by atoms with van der Waals surface area (Å²) in [4.78, 5) is 24.8. The number of benzene rings is 2. The predicted octanol–water partition coefficient (Wildman–Crippen LogP) is 3.76. The van der Waals surface area contributed by atoms with Gasteiger partial charge in [0, 0.05) is 12.1 Å². The highest BCUT2D eigenvalue weighted by Gasteiger charge is 2.20. The second-order valence-electron chi connectivity index (χ2n) is 7.13. The molecule has 0 saturated carbocycles. The summed E-state index contributed by atoms with van der Waals surface area (Å²) < 4.78 is 1.93. The maximum Gasteiger partial charge on any atom is 0.251 e. The van der Waals surface area contributed by atoms with Gasteiger partial charge in [-0.3, -0.25) is 9.59 Å². The van der Waals surface area contributed by atoms with Crippen molar-refractivity contribution in [2.75, 3.05) is 5.75 Å². The average molecular weight is 438 g/mol. The zero-order valence-electron chi connectivity index (χ0n) is 17.9. The minimum Gasteiger partial charge on any atom is -0.349 e. The van der Waals surface area contributed by atoms with Crippen molar-refractivity contribution in [3.63, 3.8) is 0 Å². The molecule has 2 aromatic carbocycles. The molecule has 2 atom stereocenters. The molecule has 3 rings (SSSR count). The molecule has 0 aliphatic rings. The summed E-state index contributed by atoms with van der Waals surface area (Å²) in [7, 11) is 0. The van der Waals surface area contributed by atoms with Gasteiger partial charge < -0.3 is 15.2 Å². The Kier molecular flexibility index (Phi) is 7.83. The Morgan fingerprint density at radius 2 is 1.58 bits per heavy atom. The summed E-state index contributed by atoms with van der Waals surface area (Å²) in [5.74, 6) is 0.661. The van der Waals surface area contributed by atoms with Gasteiger partial charge >= 0.3 is 0 Å².